The fraction of sp³-hybridized carbons (Fsp3) is 0.515. The highest BCUT2D eigenvalue weighted by atomic mass is 79.9. The minimum Gasteiger partial charge on any atom is -0.444 e. The van der Waals surface area contributed by atoms with Crippen molar-refractivity contribution < 1.29 is 19.1 Å². The molecule has 2 atom stereocenters. The van der Waals surface area contributed by atoms with E-state index in [-0.39, 0.29) is 24.3 Å². The summed E-state index contributed by atoms with van der Waals surface area (Å²) >= 11 is 3.48. The average Bonchev–Trinajstić information content (AvgIpc) is 3.20. The Morgan fingerprint density at radius 1 is 1.12 bits per heavy atom. The van der Waals surface area contributed by atoms with E-state index >= 15 is 0 Å². The van der Waals surface area contributed by atoms with Gasteiger partial charge in [-0.15, -0.1) is 0 Å². The molecule has 1 fully saturated rings. The van der Waals surface area contributed by atoms with Gasteiger partial charge in [-0.05, 0) is 82.7 Å². The monoisotopic (exact) mass is 625 g/mol. The number of hydrogen-bond acceptors (Lipinski definition) is 4. The molecule has 41 heavy (non-hydrogen) atoms. The zero-order valence-electron chi connectivity index (χ0n) is 25.0. The number of carbonyl (C=O) groups excluding carboxylic acids is 2. The van der Waals surface area contributed by atoms with Crippen LogP contribution in [0.1, 0.15) is 69.2 Å². The number of nitrogens with zero attached hydrogens (tertiary/aromatic N) is 2. The van der Waals surface area contributed by atoms with Crippen LogP contribution in [0.5, 0.6) is 0 Å². The lowest BCUT2D eigenvalue weighted by atomic mass is 9.91. The van der Waals surface area contributed by atoms with Crippen LogP contribution >= 0.6 is 15.9 Å². The Labute approximate surface area is 252 Å². The SMILES string of the molecule is COCCCn1c(C2CCCN(C(=O)C[C@@H](Cc3ccc(Br)cc3)NC(=O)OC(C)(C)C)C2)c(C)c2ccccc21. The van der Waals surface area contributed by atoms with Crippen molar-refractivity contribution in [1.82, 2.24) is 14.8 Å². The van der Waals surface area contributed by atoms with Crippen molar-refractivity contribution in [3.05, 3.63) is 69.8 Å². The maximum absolute atomic E-state index is 13.8. The molecule has 0 aliphatic carbocycles. The van der Waals surface area contributed by atoms with Gasteiger partial charge in [0.05, 0.1) is 0 Å². The summed E-state index contributed by atoms with van der Waals surface area (Å²) < 4.78 is 14.3. The molecule has 2 amide bonds. The van der Waals surface area contributed by atoms with Crippen LogP contribution in [0.25, 0.3) is 10.9 Å². The molecule has 1 N–H and O–H groups in total. The quantitative estimate of drug-likeness (QED) is 0.247. The van der Waals surface area contributed by atoms with Crippen LogP contribution in [-0.2, 0) is 27.2 Å². The van der Waals surface area contributed by atoms with Crippen molar-refractivity contribution >= 4 is 38.8 Å². The van der Waals surface area contributed by atoms with Crippen LogP contribution in [0.3, 0.4) is 0 Å². The second kappa shape index (κ2) is 13.9. The Bertz CT molecular complexity index is 1330. The average molecular weight is 627 g/mol. The van der Waals surface area contributed by atoms with Crippen LogP contribution in [-0.4, -0.2) is 59.9 Å². The first-order valence-corrected chi connectivity index (χ1v) is 15.4. The highest BCUT2D eigenvalue weighted by molar-refractivity contribution is 9.10. The molecule has 222 valence electrons. The molecule has 0 bridgehead atoms. The molecule has 2 heterocycles. The smallest absolute Gasteiger partial charge is 0.407 e. The van der Waals surface area contributed by atoms with Gasteiger partial charge in [0.1, 0.15) is 5.60 Å². The van der Waals surface area contributed by atoms with Gasteiger partial charge in [0.2, 0.25) is 5.91 Å². The molecule has 1 saturated heterocycles. The van der Waals surface area contributed by atoms with Gasteiger partial charge < -0.3 is 24.3 Å². The fourth-order valence-corrected chi connectivity index (χ4v) is 6.22. The lowest BCUT2D eigenvalue weighted by Crippen LogP contribution is -2.46. The van der Waals surface area contributed by atoms with Gasteiger partial charge in [0.15, 0.2) is 0 Å². The number of amides is 2. The molecule has 8 heteroatoms. The van der Waals surface area contributed by atoms with Crippen molar-refractivity contribution in [2.24, 2.45) is 0 Å². The first-order valence-electron chi connectivity index (χ1n) is 14.6. The molecule has 0 saturated carbocycles. The van der Waals surface area contributed by atoms with Crippen LogP contribution in [0.2, 0.25) is 0 Å². The van der Waals surface area contributed by atoms with Gasteiger partial charge in [-0.3, -0.25) is 4.79 Å². The van der Waals surface area contributed by atoms with Gasteiger partial charge in [-0.2, -0.15) is 0 Å². The second-order valence-corrected chi connectivity index (χ2v) is 13.0. The van der Waals surface area contributed by atoms with E-state index in [0.29, 0.717) is 19.6 Å². The number of alkyl carbamates (subject to hydrolysis) is 1. The number of benzene rings is 2. The van der Waals surface area contributed by atoms with Gasteiger partial charge >= 0.3 is 6.09 Å². The van der Waals surface area contributed by atoms with Gasteiger partial charge in [0.25, 0.3) is 0 Å². The number of aryl methyl sites for hydroxylation is 2. The van der Waals surface area contributed by atoms with Crippen molar-refractivity contribution in [3.63, 3.8) is 0 Å². The number of aromatic nitrogens is 1. The number of likely N-dealkylation sites (tertiary alicyclic amines) is 1. The summed E-state index contributed by atoms with van der Waals surface area (Å²) in [5.41, 5.74) is 4.32. The summed E-state index contributed by atoms with van der Waals surface area (Å²) in [7, 11) is 1.74. The molecule has 1 aromatic heterocycles. The summed E-state index contributed by atoms with van der Waals surface area (Å²) in [6.45, 7) is 10.7. The molecule has 3 aromatic rings. The predicted octanol–water partition coefficient (Wildman–Crippen LogP) is 6.98. The van der Waals surface area contributed by atoms with E-state index in [2.05, 4.69) is 57.0 Å². The Balaban J connectivity index is 1.52. The lowest BCUT2D eigenvalue weighted by Gasteiger charge is -2.35. The van der Waals surface area contributed by atoms with E-state index in [1.807, 2.05) is 49.9 Å². The number of para-hydroxylation sites is 1. The summed E-state index contributed by atoms with van der Waals surface area (Å²) in [4.78, 5) is 28.4. The van der Waals surface area contributed by atoms with Crippen LogP contribution in [0.15, 0.2) is 53.0 Å². The second-order valence-electron chi connectivity index (χ2n) is 12.1. The topological polar surface area (TPSA) is 72.8 Å². The standard InChI is InChI=1S/C33H44BrN3O4/c1-23-28-11-6-7-12-29(28)37(18-9-19-40-5)31(23)25-10-8-17-36(22-25)30(38)21-27(35-32(39)41-33(2,3)4)20-24-13-15-26(34)16-14-24/h6-7,11-16,25,27H,8-10,17-22H2,1-5H3,(H,35,39)/t25?,27-/m1/s1. The molecule has 4 rings (SSSR count). The lowest BCUT2D eigenvalue weighted by molar-refractivity contribution is -0.132. The number of rotatable bonds is 10. The van der Waals surface area contributed by atoms with E-state index in [1.165, 1.54) is 22.2 Å². The van der Waals surface area contributed by atoms with E-state index in [9.17, 15) is 9.59 Å². The zero-order valence-corrected chi connectivity index (χ0v) is 26.6. The van der Waals surface area contributed by atoms with Crippen LogP contribution < -0.4 is 5.32 Å². The Morgan fingerprint density at radius 2 is 1.85 bits per heavy atom. The maximum atomic E-state index is 13.8. The first kappa shape index (κ1) is 31.1. The Morgan fingerprint density at radius 3 is 2.56 bits per heavy atom. The number of methoxy groups -OCH3 is 1. The van der Waals surface area contributed by atoms with E-state index < -0.39 is 11.7 Å². The molecule has 1 unspecified atom stereocenters. The van der Waals surface area contributed by atoms with E-state index in [0.717, 1.165) is 42.4 Å². The maximum Gasteiger partial charge on any atom is 0.407 e. The number of carbonyl (C=O) groups is 2. The summed E-state index contributed by atoms with van der Waals surface area (Å²) in [6.07, 6.45) is 3.20. The molecule has 0 spiro atoms. The third-order valence-electron chi connectivity index (χ3n) is 7.70. The largest absolute Gasteiger partial charge is 0.444 e. The summed E-state index contributed by atoms with van der Waals surface area (Å²) in [5.74, 6) is 0.318. The van der Waals surface area contributed by atoms with Crippen LogP contribution in [0, 0.1) is 6.92 Å². The number of ether oxygens (including phenoxy) is 2. The summed E-state index contributed by atoms with van der Waals surface area (Å²) in [6, 6.07) is 16.2. The van der Waals surface area contributed by atoms with E-state index in [1.54, 1.807) is 7.11 Å². The number of fused-ring (bicyclic) bond motifs is 1. The summed E-state index contributed by atoms with van der Waals surface area (Å²) in [5, 5.41) is 4.26. The van der Waals surface area contributed by atoms with Crippen molar-refractivity contribution in [3.8, 4) is 0 Å². The van der Waals surface area contributed by atoms with Crippen molar-refractivity contribution in [2.45, 2.75) is 83.9 Å². The minimum atomic E-state index is -0.615. The number of nitrogens with one attached hydrogen (secondary N) is 1. The molecular weight excluding hydrogens is 582 g/mol. The third kappa shape index (κ3) is 8.35. The molecule has 0 radical (unpaired) electrons. The minimum absolute atomic E-state index is 0.0626. The van der Waals surface area contributed by atoms with Crippen LogP contribution in [0.4, 0.5) is 4.79 Å². The third-order valence-corrected chi connectivity index (χ3v) is 8.23. The molecule has 1 aliphatic rings. The zero-order chi connectivity index (χ0) is 29.6. The van der Waals surface area contributed by atoms with Gasteiger partial charge in [0, 0.05) is 72.8 Å². The van der Waals surface area contributed by atoms with E-state index in [4.69, 9.17) is 9.47 Å². The normalized spacial score (nSPS) is 16.5. The highest BCUT2D eigenvalue weighted by Crippen LogP contribution is 2.36. The fourth-order valence-electron chi connectivity index (χ4n) is 5.95. The van der Waals surface area contributed by atoms with Gasteiger partial charge in [-0.25, -0.2) is 4.79 Å². The highest BCUT2D eigenvalue weighted by Gasteiger charge is 2.31. The predicted molar refractivity (Wildman–Crippen MR) is 167 cm³/mol. The van der Waals surface area contributed by atoms with Crippen molar-refractivity contribution in [2.75, 3.05) is 26.8 Å². The van der Waals surface area contributed by atoms with Crippen molar-refractivity contribution in [1.29, 1.82) is 0 Å². The molecule has 2 aromatic carbocycles. The number of halogens is 1. The van der Waals surface area contributed by atoms with Gasteiger partial charge in [-0.1, -0.05) is 46.3 Å². The first-order chi connectivity index (χ1) is 19.6. The number of piperidine rings is 1. The number of hydrogen-bond donors (Lipinski definition) is 1. The molecule has 7 nitrogen and oxygen atoms in total. The molecule has 1 aliphatic heterocycles. The Hall–Kier alpha value is -2.84. The Kier molecular flexibility index (Phi) is 10.5. The molecular formula is C33H44BrN3O4.